The first-order valence-electron chi connectivity index (χ1n) is 5.35. The summed E-state index contributed by atoms with van der Waals surface area (Å²) in [6.07, 6.45) is 5.08. The Morgan fingerprint density at radius 2 is 2.35 bits per heavy atom. The molecule has 1 fully saturated rings. The Bertz CT molecular complexity index is 337. The highest BCUT2D eigenvalue weighted by molar-refractivity contribution is 5.80. The first kappa shape index (κ1) is 13.3. The van der Waals surface area contributed by atoms with Gasteiger partial charge in [0.1, 0.15) is 6.54 Å². The lowest BCUT2D eigenvalue weighted by Crippen LogP contribution is -2.51. The molecule has 0 spiro atoms. The van der Waals surface area contributed by atoms with Crippen LogP contribution in [-0.4, -0.2) is 65.8 Å². The molecule has 0 radical (unpaired) electrons. The normalized spacial score (nSPS) is 19.5. The fourth-order valence-electron chi connectivity index (χ4n) is 1.66. The van der Waals surface area contributed by atoms with E-state index in [0.717, 1.165) is 4.90 Å². The minimum atomic E-state index is -1.07. The smallest absolute Gasteiger partial charge is 0.323 e. The number of amides is 2. The predicted octanol–water partition coefficient (Wildman–Crippen LogP) is -0.153. The van der Waals surface area contributed by atoms with E-state index >= 15 is 0 Å². The summed E-state index contributed by atoms with van der Waals surface area (Å²) in [7, 11) is 0. The molecule has 0 bridgehead atoms. The lowest BCUT2D eigenvalue weighted by atomic mass is 10.3. The second-order valence-corrected chi connectivity index (χ2v) is 3.86. The molecule has 1 heterocycles. The van der Waals surface area contributed by atoms with Gasteiger partial charge in [0.2, 0.25) is 0 Å². The molecule has 0 aromatic rings. The maximum atomic E-state index is 12.0. The summed E-state index contributed by atoms with van der Waals surface area (Å²) in [6, 6.07) is -0.347. The zero-order valence-electron chi connectivity index (χ0n) is 9.76. The van der Waals surface area contributed by atoms with Gasteiger partial charge in [-0.05, 0) is 6.92 Å². The van der Waals surface area contributed by atoms with Gasteiger partial charge in [-0.1, -0.05) is 5.92 Å². The Balaban J connectivity index is 2.63. The summed E-state index contributed by atoms with van der Waals surface area (Å²) in [6.45, 7) is 2.86. The van der Waals surface area contributed by atoms with E-state index in [1.54, 1.807) is 4.90 Å². The van der Waals surface area contributed by atoms with Crippen LogP contribution in [0, 0.1) is 12.3 Å². The Hall–Kier alpha value is -1.74. The first-order valence-corrected chi connectivity index (χ1v) is 5.35. The maximum absolute atomic E-state index is 12.0. The highest BCUT2D eigenvalue weighted by Gasteiger charge is 2.26. The number of hydrogen-bond acceptors (Lipinski definition) is 3. The van der Waals surface area contributed by atoms with Gasteiger partial charge in [-0.3, -0.25) is 4.79 Å². The van der Waals surface area contributed by atoms with Gasteiger partial charge in [0, 0.05) is 13.1 Å². The number of terminal acetylenes is 1. The fraction of sp³-hybridized carbons (Fsp3) is 0.636. The van der Waals surface area contributed by atoms with E-state index in [1.165, 1.54) is 0 Å². The molecule has 1 saturated heterocycles. The van der Waals surface area contributed by atoms with Crippen molar-refractivity contribution in [3.05, 3.63) is 0 Å². The van der Waals surface area contributed by atoms with Gasteiger partial charge in [0.15, 0.2) is 0 Å². The number of nitrogens with zero attached hydrogens (tertiary/aromatic N) is 2. The number of carbonyl (C=O) groups is 2. The van der Waals surface area contributed by atoms with Crippen LogP contribution in [0.25, 0.3) is 0 Å². The van der Waals surface area contributed by atoms with Gasteiger partial charge in [0.05, 0.1) is 19.3 Å². The van der Waals surface area contributed by atoms with Gasteiger partial charge in [-0.2, -0.15) is 0 Å². The van der Waals surface area contributed by atoms with Crippen LogP contribution in [0.1, 0.15) is 6.92 Å². The van der Waals surface area contributed by atoms with Crippen LogP contribution >= 0.6 is 0 Å². The molecular formula is C11H16N2O4. The molecule has 0 aromatic heterocycles. The van der Waals surface area contributed by atoms with Crippen molar-refractivity contribution in [2.24, 2.45) is 0 Å². The third kappa shape index (κ3) is 3.96. The Kier molecular flexibility index (Phi) is 4.79. The van der Waals surface area contributed by atoms with Gasteiger partial charge in [-0.25, -0.2) is 4.79 Å². The van der Waals surface area contributed by atoms with Crippen LogP contribution in [0.3, 0.4) is 0 Å². The SMILES string of the molecule is C#CCN(CC(=O)O)C(=O)N1CCOC(C)C1. The minimum Gasteiger partial charge on any atom is -0.480 e. The lowest BCUT2D eigenvalue weighted by molar-refractivity contribution is -0.137. The molecule has 0 aliphatic carbocycles. The first-order chi connectivity index (χ1) is 8.04. The molecular weight excluding hydrogens is 224 g/mol. The van der Waals surface area contributed by atoms with Crippen molar-refractivity contribution < 1.29 is 19.4 Å². The number of ether oxygens (including phenoxy) is 1. The van der Waals surface area contributed by atoms with Gasteiger partial charge in [0.25, 0.3) is 0 Å². The maximum Gasteiger partial charge on any atom is 0.323 e. The van der Waals surface area contributed by atoms with E-state index < -0.39 is 5.97 Å². The largest absolute Gasteiger partial charge is 0.480 e. The predicted molar refractivity (Wildman–Crippen MR) is 60.4 cm³/mol. The van der Waals surface area contributed by atoms with Crippen molar-refractivity contribution in [3.63, 3.8) is 0 Å². The van der Waals surface area contributed by atoms with Crippen LogP contribution in [0.2, 0.25) is 0 Å². The molecule has 1 atom stereocenters. The zero-order valence-corrected chi connectivity index (χ0v) is 9.76. The number of carboxylic acid groups (broad SMARTS) is 1. The topological polar surface area (TPSA) is 70.1 Å². The summed E-state index contributed by atoms with van der Waals surface area (Å²) in [5.74, 6) is 1.21. The molecule has 94 valence electrons. The van der Waals surface area contributed by atoms with Gasteiger partial charge < -0.3 is 19.6 Å². The summed E-state index contributed by atoms with van der Waals surface area (Å²) in [5, 5.41) is 8.70. The number of hydrogen-bond donors (Lipinski definition) is 1. The molecule has 1 unspecified atom stereocenters. The third-order valence-electron chi connectivity index (χ3n) is 2.39. The van der Waals surface area contributed by atoms with Gasteiger partial charge >= 0.3 is 12.0 Å². The van der Waals surface area contributed by atoms with Crippen LogP contribution in [0.15, 0.2) is 0 Å². The molecule has 6 heteroatoms. The van der Waals surface area contributed by atoms with E-state index in [-0.39, 0.29) is 25.2 Å². The molecule has 2 amide bonds. The highest BCUT2D eigenvalue weighted by atomic mass is 16.5. The highest BCUT2D eigenvalue weighted by Crippen LogP contribution is 2.07. The minimum absolute atomic E-state index is 0.00310. The standard InChI is InChI=1S/C11H16N2O4/c1-3-4-12(8-10(14)15)11(16)13-5-6-17-9(2)7-13/h1,9H,4-8H2,2H3,(H,14,15). The molecule has 1 N–H and O–H groups in total. The second kappa shape index (κ2) is 6.11. The summed E-state index contributed by atoms with van der Waals surface area (Å²) >= 11 is 0. The monoisotopic (exact) mass is 240 g/mol. The number of morpholine rings is 1. The van der Waals surface area contributed by atoms with Crippen LogP contribution in [0.5, 0.6) is 0 Å². The number of rotatable bonds is 3. The van der Waals surface area contributed by atoms with E-state index in [1.807, 2.05) is 6.92 Å². The van der Waals surface area contributed by atoms with Crippen LogP contribution < -0.4 is 0 Å². The molecule has 1 aliphatic heterocycles. The fourth-order valence-corrected chi connectivity index (χ4v) is 1.66. The summed E-state index contributed by atoms with van der Waals surface area (Å²) in [5.41, 5.74) is 0. The van der Waals surface area contributed by atoms with Crippen LogP contribution in [-0.2, 0) is 9.53 Å². The average Bonchev–Trinajstić information content (AvgIpc) is 2.27. The van der Waals surface area contributed by atoms with Crippen molar-refractivity contribution in [1.29, 1.82) is 0 Å². The van der Waals surface area contributed by atoms with E-state index in [4.69, 9.17) is 16.3 Å². The summed E-state index contributed by atoms with van der Waals surface area (Å²) < 4.78 is 5.31. The zero-order chi connectivity index (χ0) is 12.8. The van der Waals surface area contributed by atoms with E-state index in [9.17, 15) is 9.59 Å². The molecule has 1 aliphatic rings. The number of carbonyl (C=O) groups excluding carboxylic acids is 1. The molecule has 0 aromatic carbocycles. The Morgan fingerprint density at radius 3 is 2.88 bits per heavy atom. The number of carboxylic acids is 1. The quantitative estimate of drug-likeness (QED) is 0.696. The van der Waals surface area contributed by atoms with Crippen molar-refractivity contribution in [3.8, 4) is 12.3 Å². The van der Waals surface area contributed by atoms with Crippen molar-refractivity contribution in [1.82, 2.24) is 9.80 Å². The van der Waals surface area contributed by atoms with Gasteiger partial charge in [-0.15, -0.1) is 6.42 Å². The van der Waals surface area contributed by atoms with Crippen LogP contribution in [0.4, 0.5) is 4.79 Å². The average molecular weight is 240 g/mol. The summed E-state index contributed by atoms with van der Waals surface area (Å²) in [4.78, 5) is 25.3. The molecule has 0 saturated carbocycles. The lowest BCUT2D eigenvalue weighted by Gasteiger charge is -2.34. The molecule has 6 nitrogen and oxygen atoms in total. The number of urea groups is 1. The Morgan fingerprint density at radius 1 is 1.65 bits per heavy atom. The number of aliphatic carboxylic acids is 1. The van der Waals surface area contributed by atoms with Crippen molar-refractivity contribution in [2.45, 2.75) is 13.0 Å². The van der Waals surface area contributed by atoms with Crippen molar-refractivity contribution >= 4 is 12.0 Å². The second-order valence-electron chi connectivity index (χ2n) is 3.86. The van der Waals surface area contributed by atoms with E-state index in [2.05, 4.69) is 5.92 Å². The van der Waals surface area contributed by atoms with Crippen molar-refractivity contribution in [2.75, 3.05) is 32.8 Å². The third-order valence-corrected chi connectivity index (χ3v) is 2.39. The molecule has 17 heavy (non-hydrogen) atoms. The molecule has 1 rings (SSSR count). The Labute approximate surface area is 100 Å². The van der Waals surface area contributed by atoms with E-state index in [0.29, 0.717) is 19.7 Å².